The van der Waals surface area contributed by atoms with Crippen LogP contribution in [0.5, 0.6) is 0 Å². The van der Waals surface area contributed by atoms with E-state index in [-0.39, 0.29) is 0 Å². The van der Waals surface area contributed by atoms with Crippen LogP contribution in [0, 0.1) is 6.92 Å². The van der Waals surface area contributed by atoms with Gasteiger partial charge in [0.05, 0.1) is 6.54 Å². The van der Waals surface area contributed by atoms with Crippen LogP contribution in [0.1, 0.15) is 9.75 Å². The van der Waals surface area contributed by atoms with Gasteiger partial charge in [-0.15, -0.1) is 11.3 Å². The van der Waals surface area contributed by atoms with Crippen LogP contribution >= 0.6 is 23.1 Å². The second-order valence-corrected chi connectivity index (χ2v) is 5.92. The van der Waals surface area contributed by atoms with Gasteiger partial charge in [0, 0.05) is 23.0 Å². The smallest absolute Gasteiger partial charge is 0.189 e. The van der Waals surface area contributed by atoms with Crippen molar-refractivity contribution in [3.8, 4) is 0 Å². The first-order valence-electron chi connectivity index (χ1n) is 5.32. The van der Waals surface area contributed by atoms with E-state index in [1.54, 1.807) is 11.8 Å². The second kappa shape index (κ2) is 5.51. The van der Waals surface area contributed by atoms with Crippen LogP contribution in [0.25, 0.3) is 0 Å². The number of rotatable bonds is 4. The van der Waals surface area contributed by atoms with E-state index in [0.29, 0.717) is 0 Å². The summed E-state index contributed by atoms with van der Waals surface area (Å²) >= 11 is 3.39. The van der Waals surface area contributed by atoms with Crippen molar-refractivity contribution < 1.29 is 0 Å². The molecule has 0 spiro atoms. The third-order valence-electron chi connectivity index (χ3n) is 2.38. The van der Waals surface area contributed by atoms with Crippen LogP contribution in [0.15, 0.2) is 29.6 Å². The lowest BCUT2D eigenvalue weighted by atomic mass is 10.4. The zero-order valence-electron chi connectivity index (χ0n) is 10.2. The summed E-state index contributed by atoms with van der Waals surface area (Å²) in [4.78, 5) is 13.5. The van der Waals surface area contributed by atoms with Crippen molar-refractivity contribution in [1.82, 2.24) is 9.97 Å². The Hall–Kier alpha value is -1.07. The van der Waals surface area contributed by atoms with E-state index in [4.69, 9.17) is 0 Å². The fourth-order valence-electron chi connectivity index (χ4n) is 1.53. The Labute approximate surface area is 110 Å². The summed E-state index contributed by atoms with van der Waals surface area (Å²) in [5.41, 5.74) is 0. The topological polar surface area (TPSA) is 29.0 Å². The van der Waals surface area contributed by atoms with Gasteiger partial charge < -0.3 is 4.90 Å². The van der Waals surface area contributed by atoms with E-state index < -0.39 is 0 Å². The normalized spacial score (nSPS) is 10.5. The molecule has 2 heterocycles. The fraction of sp³-hybridized carbons (Fsp3) is 0.333. The summed E-state index contributed by atoms with van der Waals surface area (Å²) in [6.07, 6.45) is 3.80. The minimum absolute atomic E-state index is 0.816. The summed E-state index contributed by atoms with van der Waals surface area (Å²) in [5, 5.41) is 0.816. The van der Waals surface area contributed by atoms with Crippen LogP contribution in [0.2, 0.25) is 0 Å². The van der Waals surface area contributed by atoms with Crippen molar-refractivity contribution in [2.45, 2.75) is 18.6 Å². The highest BCUT2D eigenvalue weighted by Crippen LogP contribution is 2.20. The van der Waals surface area contributed by atoms with Crippen LogP contribution in [0.3, 0.4) is 0 Å². The molecule has 0 saturated heterocycles. The number of thiophene rings is 1. The summed E-state index contributed by atoms with van der Waals surface area (Å²) in [6, 6.07) is 6.27. The molecule has 0 fully saturated rings. The number of hydrogen-bond acceptors (Lipinski definition) is 5. The maximum absolute atomic E-state index is 4.48. The standard InChI is InChI=1S/C12H15N3S2/c1-9-4-5-10(17-9)8-15(2)11-6-7-13-12(14-11)16-3/h4-7H,8H2,1-3H3. The Balaban J connectivity index is 2.11. The van der Waals surface area contributed by atoms with Crippen molar-refractivity contribution in [3.05, 3.63) is 34.2 Å². The molecule has 0 N–H and O–H groups in total. The fourth-order valence-corrected chi connectivity index (χ4v) is 2.82. The maximum Gasteiger partial charge on any atom is 0.189 e. The molecular weight excluding hydrogens is 250 g/mol. The second-order valence-electron chi connectivity index (χ2n) is 3.77. The number of aryl methyl sites for hydroxylation is 1. The largest absolute Gasteiger partial charge is 0.354 e. The molecule has 17 heavy (non-hydrogen) atoms. The molecule has 0 saturated carbocycles. The summed E-state index contributed by atoms with van der Waals surface area (Å²) in [5.74, 6) is 0.968. The average Bonchev–Trinajstić information content (AvgIpc) is 2.75. The maximum atomic E-state index is 4.48. The van der Waals surface area contributed by atoms with E-state index in [2.05, 4.69) is 41.0 Å². The lowest BCUT2D eigenvalue weighted by Crippen LogP contribution is -2.17. The van der Waals surface area contributed by atoms with Gasteiger partial charge in [-0.05, 0) is 31.4 Å². The Kier molecular flexibility index (Phi) is 4.02. The van der Waals surface area contributed by atoms with E-state index in [9.17, 15) is 0 Å². The third-order valence-corrected chi connectivity index (χ3v) is 3.93. The van der Waals surface area contributed by atoms with Gasteiger partial charge >= 0.3 is 0 Å². The van der Waals surface area contributed by atoms with Crippen molar-refractivity contribution in [2.24, 2.45) is 0 Å². The summed E-state index contributed by atoms with van der Waals surface area (Å²) in [7, 11) is 2.06. The molecule has 0 aromatic carbocycles. The average molecular weight is 265 g/mol. The highest BCUT2D eigenvalue weighted by molar-refractivity contribution is 7.98. The Morgan fingerprint density at radius 2 is 2.18 bits per heavy atom. The third kappa shape index (κ3) is 3.20. The molecule has 2 aromatic heterocycles. The summed E-state index contributed by atoms with van der Waals surface area (Å²) in [6.45, 7) is 3.02. The number of aromatic nitrogens is 2. The predicted molar refractivity (Wildman–Crippen MR) is 75.0 cm³/mol. The molecule has 0 radical (unpaired) electrons. The van der Waals surface area contributed by atoms with Crippen molar-refractivity contribution in [2.75, 3.05) is 18.2 Å². The zero-order valence-corrected chi connectivity index (χ0v) is 11.8. The lowest BCUT2D eigenvalue weighted by Gasteiger charge is -2.17. The number of nitrogens with zero attached hydrogens (tertiary/aromatic N) is 3. The molecule has 0 aliphatic rings. The Morgan fingerprint density at radius 3 is 2.82 bits per heavy atom. The van der Waals surface area contributed by atoms with Gasteiger partial charge in [0.25, 0.3) is 0 Å². The van der Waals surface area contributed by atoms with Gasteiger partial charge in [0.2, 0.25) is 0 Å². The van der Waals surface area contributed by atoms with Gasteiger partial charge in [0.1, 0.15) is 5.82 Å². The van der Waals surface area contributed by atoms with Crippen LogP contribution in [-0.4, -0.2) is 23.3 Å². The van der Waals surface area contributed by atoms with E-state index in [0.717, 1.165) is 17.5 Å². The number of hydrogen-bond donors (Lipinski definition) is 0. The molecule has 0 atom stereocenters. The van der Waals surface area contributed by atoms with Crippen LogP contribution in [-0.2, 0) is 6.54 Å². The van der Waals surface area contributed by atoms with Crippen LogP contribution in [0.4, 0.5) is 5.82 Å². The summed E-state index contributed by atoms with van der Waals surface area (Å²) < 4.78 is 0. The molecule has 0 aliphatic carbocycles. The molecule has 2 rings (SSSR count). The molecule has 0 amide bonds. The number of anilines is 1. The van der Waals surface area contributed by atoms with Gasteiger partial charge in [-0.2, -0.15) is 0 Å². The highest BCUT2D eigenvalue weighted by Gasteiger charge is 2.06. The molecule has 0 aliphatic heterocycles. The predicted octanol–water partition coefficient (Wildman–Crippen LogP) is 3.20. The zero-order chi connectivity index (χ0) is 12.3. The Bertz CT molecular complexity index is 496. The molecule has 90 valence electrons. The lowest BCUT2D eigenvalue weighted by molar-refractivity contribution is 0.865. The molecule has 0 unspecified atom stereocenters. The van der Waals surface area contributed by atoms with E-state index in [1.807, 2.05) is 29.9 Å². The van der Waals surface area contributed by atoms with Crippen molar-refractivity contribution in [1.29, 1.82) is 0 Å². The molecule has 0 bridgehead atoms. The monoisotopic (exact) mass is 265 g/mol. The first-order valence-corrected chi connectivity index (χ1v) is 7.36. The first kappa shape index (κ1) is 12.4. The van der Waals surface area contributed by atoms with Gasteiger partial charge in [0.15, 0.2) is 5.16 Å². The van der Waals surface area contributed by atoms with Crippen molar-refractivity contribution in [3.63, 3.8) is 0 Å². The minimum atomic E-state index is 0.816. The van der Waals surface area contributed by atoms with Gasteiger partial charge in [-0.25, -0.2) is 9.97 Å². The molecule has 2 aromatic rings. The molecule has 5 heteroatoms. The van der Waals surface area contributed by atoms with Gasteiger partial charge in [-0.1, -0.05) is 11.8 Å². The first-order chi connectivity index (χ1) is 8.19. The minimum Gasteiger partial charge on any atom is -0.354 e. The molecule has 3 nitrogen and oxygen atoms in total. The van der Waals surface area contributed by atoms with E-state index >= 15 is 0 Å². The van der Waals surface area contributed by atoms with E-state index in [1.165, 1.54) is 9.75 Å². The SMILES string of the molecule is CSc1nccc(N(C)Cc2ccc(C)s2)n1. The van der Waals surface area contributed by atoms with Crippen molar-refractivity contribution >= 4 is 28.9 Å². The van der Waals surface area contributed by atoms with Gasteiger partial charge in [-0.3, -0.25) is 0 Å². The quantitative estimate of drug-likeness (QED) is 0.627. The molecular formula is C12H15N3S2. The Morgan fingerprint density at radius 1 is 1.35 bits per heavy atom. The van der Waals surface area contributed by atoms with Crippen LogP contribution < -0.4 is 4.90 Å². The highest BCUT2D eigenvalue weighted by atomic mass is 32.2. The number of thioether (sulfide) groups is 1.